The van der Waals surface area contributed by atoms with Crippen molar-refractivity contribution in [2.75, 3.05) is 26.9 Å². The highest BCUT2D eigenvalue weighted by Crippen LogP contribution is 2.38. The van der Waals surface area contributed by atoms with Crippen molar-refractivity contribution in [3.05, 3.63) is 23.4 Å². The SMILES string of the molecule is CCCCCCc1cc2c(cc1OCCCC(=O)O)c(OC(=O)OCC)c(C)n2CCOC. The number of rotatable bonds is 15. The smallest absolute Gasteiger partial charge is 0.493 e. The van der Waals surface area contributed by atoms with Crippen LogP contribution in [0.3, 0.4) is 0 Å². The van der Waals surface area contributed by atoms with Crippen LogP contribution in [0.15, 0.2) is 12.1 Å². The van der Waals surface area contributed by atoms with Crippen LogP contribution in [0.2, 0.25) is 0 Å². The normalized spacial score (nSPS) is 11.0. The molecule has 0 amide bonds. The van der Waals surface area contributed by atoms with Crippen LogP contribution in [-0.4, -0.2) is 48.7 Å². The van der Waals surface area contributed by atoms with E-state index in [4.69, 9.17) is 24.1 Å². The maximum atomic E-state index is 12.1. The number of fused-ring (bicyclic) bond motifs is 1. The number of carboxylic acid groups (broad SMARTS) is 1. The summed E-state index contributed by atoms with van der Waals surface area (Å²) in [4.78, 5) is 22.9. The van der Waals surface area contributed by atoms with Crippen LogP contribution in [0.25, 0.3) is 10.9 Å². The summed E-state index contributed by atoms with van der Waals surface area (Å²) in [5.74, 6) is 0.291. The van der Waals surface area contributed by atoms with Gasteiger partial charge in [0, 0.05) is 25.5 Å². The maximum Gasteiger partial charge on any atom is 0.513 e. The molecule has 0 fully saturated rings. The van der Waals surface area contributed by atoms with Crippen molar-refractivity contribution < 1.29 is 33.6 Å². The number of carbonyl (C=O) groups is 2. The zero-order valence-electron chi connectivity index (χ0n) is 20.3. The monoisotopic (exact) mass is 463 g/mol. The molecule has 0 unspecified atom stereocenters. The van der Waals surface area contributed by atoms with Crippen molar-refractivity contribution in [3.63, 3.8) is 0 Å². The number of carboxylic acids is 1. The average molecular weight is 464 g/mol. The van der Waals surface area contributed by atoms with Gasteiger partial charge in [0.25, 0.3) is 0 Å². The number of unbranched alkanes of at least 4 members (excludes halogenated alkanes) is 3. The predicted molar refractivity (Wildman–Crippen MR) is 126 cm³/mol. The van der Waals surface area contributed by atoms with Crippen molar-refractivity contribution in [3.8, 4) is 11.5 Å². The molecule has 0 radical (unpaired) electrons. The van der Waals surface area contributed by atoms with E-state index < -0.39 is 12.1 Å². The van der Waals surface area contributed by atoms with Gasteiger partial charge >= 0.3 is 12.1 Å². The first-order valence-corrected chi connectivity index (χ1v) is 11.8. The summed E-state index contributed by atoms with van der Waals surface area (Å²) < 4.78 is 23.9. The topological polar surface area (TPSA) is 96.2 Å². The van der Waals surface area contributed by atoms with Gasteiger partial charge in [-0.05, 0) is 50.8 Å². The Hall–Kier alpha value is -2.74. The molecule has 0 aliphatic heterocycles. The number of aromatic nitrogens is 1. The highest BCUT2D eigenvalue weighted by atomic mass is 16.7. The molecule has 0 aliphatic carbocycles. The molecule has 184 valence electrons. The Labute approximate surface area is 195 Å². The van der Waals surface area contributed by atoms with Crippen LogP contribution in [0.5, 0.6) is 11.5 Å². The quantitative estimate of drug-likeness (QED) is 0.275. The maximum absolute atomic E-state index is 12.1. The Morgan fingerprint density at radius 3 is 2.52 bits per heavy atom. The molecule has 0 spiro atoms. The number of benzene rings is 1. The highest BCUT2D eigenvalue weighted by molar-refractivity contribution is 5.92. The summed E-state index contributed by atoms with van der Waals surface area (Å²) >= 11 is 0. The molecule has 8 nitrogen and oxygen atoms in total. The molecule has 0 saturated heterocycles. The van der Waals surface area contributed by atoms with E-state index in [0.29, 0.717) is 37.7 Å². The lowest BCUT2D eigenvalue weighted by molar-refractivity contribution is -0.137. The van der Waals surface area contributed by atoms with Crippen LogP contribution < -0.4 is 9.47 Å². The van der Waals surface area contributed by atoms with Gasteiger partial charge in [-0.3, -0.25) is 4.79 Å². The van der Waals surface area contributed by atoms with E-state index in [-0.39, 0.29) is 13.0 Å². The van der Waals surface area contributed by atoms with Gasteiger partial charge in [0.15, 0.2) is 5.75 Å². The van der Waals surface area contributed by atoms with Gasteiger partial charge in [-0.1, -0.05) is 26.2 Å². The average Bonchev–Trinajstić information content (AvgIpc) is 3.02. The van der Waals surface area contributed by atoms with Crippen molar-refractivity contribution in [2.45, 2.75) is 72.3 Å². The number of hydrogen-bond donors (Lipinski definition) is 1. The second-order valence-corrected chi connectivity index (χ2v) is 7.98. The Morgan fingerprint density at radius 2 is 1.85 bits per heavy atom. The lowest BCUT2D eigenvalue weighted by atomic mass is 10.0. The van der Waals surface area contributed by atoms with Crippen molar-refractivity contribution in [2.24, 2.45) is 0 Å². The molecule has 0 bridgehead atoms. The molecule has 1 heterocycles. The number of ether oxygens (including phenoxy) is 4. The molecular formula is C25H37NO7. The second-order valence-electron chi connectivity index (χ2n) is 7.98. The van der Waals surface area contributed by atoms with Gasteiger partial charge in [-0.25, -0.2) is 4.79 Å². The fourth-order valence-corrected chi connectivity index (χ4v) is 3.82. The molecule has 1 aromatic heterocycles. The van der Waals surface area contributed by atoms with Crippen LogP contribution in [-0.2, 0) is 27.2 Å². The van der Waals surface area contributed by atoms with E-state index >= 15 is 0 Å². The largest absolute Gasteiger partial charge is 0.513 e. The standard InChI is InChI=1S/C25H37NO7/c1-5-7-8-9-11-19-16-21-20(17-22(19)32-14-10-12-23(27)28)24(33-25(29)31-6-2)18(3)26(21)13-15-30-4/h16-17H,5-15H2,1-4H3,(H,27,28). The third kappa shape index (κ3) is 7.67. The molecule has 2 rings (SSSR count). The van der Waals surface area contributed by atoms with Crippen molar-refractivity contribution in [1.82, 2.24) is 4.57 Å². The molecule has 1 N–H and O–H groups in total. The van der Waals surface area contributed by atoms with Gasteiger partial charge in [0.05, 0.1) is 31.0 Å². The second kappa shape index (κ2) is 13.7. The first-order chi connectivity index (χ1) is 15.9. The van der Waals surface area contributed by atoms with E-state index in [1.54, 1.807) is 14.0 Å². The van der Waals surface area contributed by atoms with Crippen LogP contribution >= 0.6 is 0 Å². The van der Waals surface area contributed by atoms with Crippen molar-refractivity contribution >= 4 is 23.0 Å². The number of aliphatic carboxylic acids is 1. The zero-order valence-corrected chi connectivity index (χ0v) is 20.3. The minimum atomic E-state index is -0.843. The Bertz CT molecular complexity index is 919. The molecule has 33 heavy (non-hydrogen) atoms. The minimum absolute atomic E-state index is 0.0534. The third-order valence-electron chi connectivity index (χ3n) is 5.51. The molecular weight excluding hydrogens is 426 g/mol. The van der Waals surface area contributed by atoms with Gasteiger partial charge in [-0.15, -0.1) is 0 Å². The van der Waals surface area contributed by atoms with E-state index in [2.05, 4.69) is 17.6 Å². The van der Waals surface area contributed by atoms with Crippen LogP contribution in [0, 0.1) is 6.92 Å². The minimum Gasteiger partial charge on any atom is -0.493 e. The van der Waals surface area contributed by atoms with Gasteiger partial charge in [-0.2, -0.15) is 0 Å². The lowest BCUT2D eigenvalue weighted by Crippen LogP contribution is -2.11. The summed E-state index contributed by atoms with van der Waals surface area (Å²) in [7, 11) is 1.65. The van der Waals surface area contributed by atoms with E-state index in [0.717, 1.165) is 47.8 Å². The van der Waals surface area contributed by atoms with E-state index in [1.807, 2.05) is 13.0 Å². The Balaban J connectivity index is 2.47. The fourth-order valence-electron chi connectivity index (χ4n) is 3.82. The molecule has 2 aromatic rings. The molecule has 0 aliphatic rings. The molecule has 8 heteroatoms. The Kier molecular flexibility index (Phi) is 11.0. The number of carbonyl (C=O) groups excluding carboxylic acids is 1. The number of methoxy groups -OCH3 is 1. The fraction of sp³-hybridized carbons (Fsp3) is 0.600. The van der Waals surface area contributed by atoms with Crippen LogP contribution in [0.4, 0.5) is 4.79 Å². The van der Waals surface area contributed by atoms with Crippen molar-refractivity contribution in [1.29, 1.82) is 0 Å². The van der Waals surface area contributed by atoms with Gasteiger partial charge in [0.2, 0.25) is 0 Å². The summed E-state index contributed by atoms with van der Waals surface area (Å²) in [5, 5.41) is 9.66. The van der Waals surface area contributed by atoms with Gasteiger partial charge < -0.3 is 28.6 Å². The number of nitrogens with zero attached hydrogens (tertiary/aromatic N) is 1. The van der Waals surface area contributed by atoms with E-state index in [9.17, 15) is 9.59 Å². The molecule has 1 aromatic carbocycles. The lowest BCUT2D eigenvalue weighted by Gasteiger charge is -2.14. The predicted octanol–water partition coefficient (Wildman–Crippen LogP) is 5.50. The summed E-state index contributed by atoms with van der Waals surface area (Å²) in [6.45, 7) is 7.46. The van der Waals surface area contributed by atoms with Gasteiger partial charge in [0.1, 0.15) is 5.75 Å². The van der Waals surface area contributed by atoms with E-state index in [1.165, 1.54) is 6.42 Å². The first kappa shape index (κ1) is 26.5. The van der Waals surface area contributed by atoms with Crippen LogP contribution in [0.1, 0.15) is 63.6 Å². The zero-order chi connectivity index (χ0) is 24.2. The highest BCUT2D eigenvalue weighted by Gasteiger charge is 2.21. The number of aryl methyl sites for hydroxylation is 1. The number of hydrogen-bond acceptors (Lipinski definition) is 6. The summed E-state index contributed by atoms with van der Waals surface area (Å²) in [6, 6.07) is 3.99. The summed E-state index contributed by atoms with van der Waals surface area (Å²) in [6.07, 6.45) is 5.08. The molecule has 0 atom stereocenters. The Morgan fingerprint density at radius 1 is 1.06 bits per heavy atom. The molecule has 0 saturated carbocycles. The third-order valence-corrected chi connectivity index (χ3v) is 5.51. The first-order valence-electron chi connectivity index (χ1n) is 11.8. The summed E-state index contributed by atoms with van der Waals surface area (Å²) in [5.41, 5.74) is 2.80.